The molecular weight excluding hydrogens is 474 g/mol. The number of carbonyl (C=O) groups is 1. The molecule has 4 aromatic rings. The number of carbonyl (C=O) groups excluding carboxylic acids is 1. The van der Waals surface area contributed by atoms with Gasteiger partial charge in [0.15, 0.2) is 5.75 Å². The number of aryl methyl sites for hydroxylation is 2. The lowest BCUT2D eigenvalue weighted by atomic mass is 10.1. The van der Waals surface area contributed by atoms with Gasteiger partial charge in [0, 0.05) is 16.1 Å². The molecule has 36 heavy (non-hydrogen) atoms. The minimum absolute atomic E-state index is 0.258. The molecule has 0 atom stereocenters. The number of hydrogen-bond acceptors (Lipinski definition) is 4. The number of benzene rings is 4. The summed E-state index contributed by atoms with van der Waals surface area (Å²) in [5.41, 5.74) is 5.06. The third-order valence-electron chi connectivity index (χ3n) is 5.85. The molecular formula is C30H28ClNO4. The van der Waals surface area contributed by atoms with Crippen molar-refractivity contribution in [1.82, 2.24) is 0 Å². The van der Waals surface area contributed by atoms with Crippen LogP contribution in [0.4, 0.5) is 5.69 Å². The van der Waals surface area contributed by atoms with Crippen LogP contribution in [-0.4, -0.2) is 13.0 Å². The van der Waals surface area contributed by atoms with Crippen LogP contribution in [-0.2, 0) is 6.61 Å². The number of ether oxygens (including phenoxy) is 3. The number of para-hydroxylation sites is 1. The highest BCUT2D eigenvalue weighted by Crippen LogP contribution is 2.33. The minimum atomic E-state index is -0.304. The van der Waals surface area contributed by atoms with Gasteiger partial charge >= 0.3 is 0 Å². The van der Waals surface area contributed by atoms with Gasteiger partial charge in [-0.1, -0.05) is 35.9 Å². The van der Waals surface area contributed by atoms with E-state index in [4.69, 9.17) is 25.8 Å². The van der Waals surface area contributed by atoms with Crippen molar-refractivity contribution in [3.63, 3.8) is 0 Å². The van der Waals surface area contributed by atoms with Crippen LogP contribution < -0.4 is 19.5 Å². The lowest BCUT2D eigenvalue weighted by molar-refractivity contribution is 0.102. The first kappa shape index (κ1) is 25.1. The fourth-order valence-electron chi connectivity index (χ4n) is 3.84. The molecule has 0 aromatic heterocycles. The predicted molar refractivity (Wildman–Crippen MR) is 144 cm³/mol. The van der Waals surface area contributed by atoms with Gasteiger partial charge in [-0.05, 0) is 92.1 Å². The Labute approximate surface area is 216 Å². The Morgan fingerprint density at radius 3 is 2.36 bits per heavy atom. The second-order valence-corrected chi connectivity index (χ2v) is 8.97. The fraction of sp³-hybridized carbons (Fsp3) is 0.167. The molecule has 4 rings (SSSR count). The highest BCUT2D eigenvalue weighted by molar-refractivity contribution is 6.31. The van der Waals surface area contributed by atoms with E-state index in [1.54, 1.807) is 43.5 Å². The summed E-state index contributed by atoms with van der Waals surface area (Å²) in [6.07, 6.45) is 0. The third kappa shape index (κ3) is 5.99. The molecule has 1 N–H and O–H groups in total. The Kier molecular flexibility index (Phi) is 7.81. The molecule has 0 saturated carbocycles. The molecule has 0 bridgehead atoms. The first-order valence-electron chi connectivity index (χ1n) is 11.6. The topological polar surface area (TPSA) is 56.8 Å². The molecule has 6 heteroatoms. The van der Waals surface area contributed by atoms with E-state index < -0.39 is 0 Å². The van der Waals surface area contributed by atoms with Crippen LogP contribution in [0.2, 0.25) is 5.02 Å². The Bertz CT molecular complexity index is 1390. The van der Waals surface area contributed by atoms with Crippen LogP contribution in [0.15, 0.2) is 78.9 Å². The van der Waals surface area contributed by atoms with E-state index in [1.807, 2.05) is 50.2 Å². The summed E-state index contributed by atoms with van der Waals surface area (Å²) >= 11 is 6.21. The van der Waals surface area contributed by atoms with E-state index >= 15 is 0 Å². The summed E-state index contributed by atoms with van der Waals surface area (Å²) in [5.74, 6) is 2.29. The summed E-state index contributed by atoms with van der Waals surface area (Å²) < 4.78 is 17.6. The van der Waals surface area contributed by atoms with Gasteiger partial charge < -0.3 is 19.5 Å². The van der Waals surface area contributed by atoms with Crippen LogP contribution in [0.5, 0.6) is 23.0 Å². The van der Waals surface area contributed by atoms with E-state index in [0.717, 1.165) is 22.4 Å². The summed E-state index contributed by atoms with van der Waals surface area (Å²) in [6.45, 7) is 6.39. The summed E-state index contributed by atoms with van der Waals surface area (Å²) in [6, 6.07) is 23.8. The molecule has 5 nitrogen and oxygen atoms in total. The fourth-order valence-corrected chi connectivity index (χ4v) is 4.01. The second-order valence-electron chi connectivity index (χ2n) is 8.53. The van der Waals surface area contributed by atoms with Gasteiger partial charge in [0.2, 0.25) is 0 Å². The van der Waals surface area contributed by atoms with Crippen LogP contribution >= 0.6 is 11.6 Å². The van der Waals surface area contributed by atoms with Crippen LogP contribution in [0.3, 0.4) is 0 Å². The Hall–Kier alpha value is -3.96. The first-order chi connectivity index (χ1) is 17.3. The molecule has 0 radical (unpaired) electrons. The number of amides is 1. The maximum atomic E-state index is 13.2. The van der Waals surface area contributed by atoms with Gasteiger partial charge in [-0.25, -0.2) is 0 Å². The number of rotatable bonds is 8. The van der Waals surface area contributed by atoms with Crippen molar-refractivity contribution in [2.75, 3.05) is 12.4 Å². The molecule has 4 aromatic carbocycles. The average Bonchev–Trinajstić information content (AvgIpc) is 2.87. The van der Waals surface area contributed by atoms with Crippen molar-refractivity contribution in [1.29, 1.82) is 0 Å². The van der Waals surface area contributed by atoms with E-state index in [1.165, 1.54) is 5.56 Å². The largest absolute Gasteiger partial charge is 0.496 e. The van der Waals surface area contributed by atoms with Crippen molar-refractivity contribution >= 4 is 23.2 Å². The average molecular weight is 502 g/mol. The van der Waals surface area contributed by atoms with E-state index in [-0.39, 0.29) is 12.5 Å². The van der Waals surface area contributed by atoms with Crippen molar-refractivity contribution in [2.24, 2.45) is 0 Å². The maximum absolute atomic E-state index is 13.2. The minimum Gasteiger partial charge on any atom is -0.496 e. The van der Waals surface area contributed by atoms with E-state index in [0.29, 0.717) is 33.5 Å². The number of hydrogen-bond donors (Lipinski definition) is 1. The highest BCUT2D eigenvalue weighted by Gasteiger charge is 2.15. The molecule has 0 aliphatic carbocycles. The summed E-state index contributed by atoms with van der Waals surface area (Å²) in [5, 5.41) is 3.41. The predicted octanol–water partition coefficient (Wildman–Crippen LogP) is 7.90. The maximum Gasteiger partial charge on any atom is 0.255 e. The molecule has 0 unspecified atom stereocenters. The third-order valence-corrected chi connectivity index (χ3v) is 6.09. The molecule has 0 aliphatic heterocycles. The van der Waals surface area contributed by atoms with Crippen molar-refractivity contribution < 1.29 is 19.0 Å². The van der Waals surface area contributed by atoms with Crippen LogP contribution in [0, 0.1) is 20.8 Å². The van der Waals surface area contributed by atoms with Gasteiger partial charge in [-0.15, -0.1) is 0 Å². The molecule has 0 heterocycles. The number of methoxy groups -OCH3 is 1. The normalized spacial score (nSPS) is 10.6. The Morgan fingerprint density at radius 1 is 0.861 bits per heavy atom. The molecule has 0 saturated heterocycles. The van der Waals surface area contributed by atoms with Crippen molar-refractivity contribution in [2.45, 2.75) is 27.4 Å². The molecule has 0 spiro atoms. The molecule has 0 aliphatic rings. The zero-order valence-corrected chi connectivity index (χ0v) is 21.5. The SMILES string of the molecule is COc1ccc(C(=O)Nc2cc(Cl)ccc2Oc2ccccc2)cc1COc1cc(C)cc(C)c1C. The Morgan fingerprint density at radius 2 is 1.61 bits per heavy atom. The van der Waals surface area contributed by atoms with Crippen molar-refractivity contribution in [3.05, 3.63) is 112 Å². The quantitative estimate of drug-likeness (QED) is 0.266. The first-order valence-corrected chi connectivity index (χ1v) is 11.9. The molecule has 0 fully saturated rings. The van der Waals surface area contributed by atoms with E-state index in [9.17, 15) is 4.79 Å². The highest BCUT2D eigenvalue weighted by atomic mass is 35.5. The lowest BCUT2D eigenvalue weighted by Gasteiger charge is -2.16. The lowest BCUT2D eigenvalue weighted by Crippen LogP contribution is -2.13. The summed E-state index contributed by atoms with van der Waals surface area (Å²) in [7, 11) is 1.60. The monoisotopic (exact) mass is 501 g/mol. The second kappa shape index (κ2) is 11.2. The number of halogens is 1. The smallest absolute Gasteiger partial charge is 0.255 e. The zero-order chi connectivity index (χ0) is 25.7. The molecule has 1 amide bonds. The molecule has 184 valence electrons. The summed E-state index contributed by atoms with van der Waals surface area (Å²) in [4.78, 5) is 13.2. The van der Waals surface area contributed by atoms with Gasteiger partial charge in [0.05, 0.1) is 12.8 Å². The van der Waals surface area contributed by atoms with Crippen LogP contribution in [0.1, 0.15) is 32.6 Å². The number of nitrogens with one attached hydrogen (secondary N) is 1. The van der Waals surface area contributed by atoms with E-state index in [2.05, 4.69) is 18.3 Å². The van der Waals surface area contributed by atoms with Crippen LogP contribution in [0.25, 0.3) is 0 Å². The van der Waals surface area contributed by atoms with Gasteiger partial charge in [0.25, 0.3) is 5.91 Å². The van der Waals surface area contributed by atoms with Gasteiger partial charge in [-0.3, -0.25) is 4.79 Å². The van der Waals surface area contributed by atoms with Gasteiger partial charge in [0.1, 0.15) is 23.9 Å². The standard InChI is InChI=1S/C30H28ClNO4/c1-19-14-20(2)21(3)29(15-19)35-18-23-16-22(10-12-27(23)34-4)30(33)32-26-17-24(31)11-13-28(26)36-25-8-6-5-7-9-25/h5-17H,18H2,1-4H3,(H,32,33). The van der Waals surface area contributed by atoms with Crippen molar-refractivity contribution in [3.8, 4) is 23.0 Å². The van der Waals surface area contributed by atoms with Gasteiger partial charge in [-0.2, -0.15) is 0 Å². The zero-order valence-electron chi connectivity index (χ0n) is 20.7. The Balaban J connectivity index is 1.56. The number of anilines is 1.